The van der Waals surface area contributed by atoms with Gasteiger partial charge in [-0.05, 0) is 65.0 Å². The van der Waals surface area contributed by atoms with Crippen molar-refractivity contribution in [2.75, 3.05) is 13.1 Å². The number of nitrogens with zero attached hydrogens (tertiary/aromatic N) is 3. The number of aromatic nitrogens is 1. The zero-order chi connectivity index (χ0) is 18.7. The molecule has 1 saturated carbocycles. The van der Waals surface area contributed by atoms with Gasteiger partial charge in [0.1, 0.15) is 5.60 Å². The molecular formula is C20H30N3O3-. The normalized spacial score (nSPS) is 27.3. The summed E-state index contributed by atoms with van der Waals surface area (Å²) in [6.07, 6.45) is 6.35. The number of amides is 1. The first-order valence-corrected chi connectivity index (χ1v) is 9.68. The summed E-state index contributed by atoms with van der Waals surface area (Å²) in [5.74, 6) is 0.545. The minimum absolute atomic E-state index is 0.293. The molecule has 0 N–H and O–H groups in total. The van der Waals surface area contributed by atoms with Crippen molar-refractivity contribution in [2.24, 2.45) is 0 Å². The van der Waals surface area contributed by atoms with E-state index in [9.17, 15) is 10.0 Å². The molecule has 2 fully saturated rings. The van der Waals surface area contributed by atoms with Gasteiger partial charge in [-0.3, -0.25) is 9.88 Å². The van der Waals surface area contributed by atoms with E-state index in [0.29, 0.717) is 23.6 Å². The number of hydrogen-bond donors (Lipinski definition) is 0. The van der Waals surface area contributed by atoms with Crippen molar-refractivity contribution in [2.45, 2.75) is 76.5 Å². The lowest BCUT2D eigenvalue weighted by Gasteiger charge is -2.38. The molecule has 6 nitrogen and oxygen atoms in total. The van der Waals surface area contributed by atoms with Crippen LogP contribution in [0.15, 0.2) is 24.4 Å². The summed E-state index contributed by atoms with van der Waals surface area (Å²) in [5.41, 5.74) is 0.558. The molecular weight excluding hydrogens is 330 g/mol. The average molecular weight is 360 g/mol. The van der Waals surface area contributed by atoms with Crippen molar-refractivity contribution >= 4 is 6.09 Å². The van der Waals surface area contributed by atoms with Gasteiger partial charge in [-0.15, -0.1) is 0 Å². The van der Waals surface area contributed by atoms with E-state index in [2.05, 4.69) is 22.0 Å². The van der Waals surface area contributed by atoms with Gasteiger partial charge in [-0.25, -0.2) is 4.79 Å². The van der Waals surface area contributed by atoms with Gasteiger partial charge in [-0.2, -0.15) is 0 Å². The Balaban J connectivity index is 1.48. The van der Waals surface area contributed by atoms with Crippen LogP contribution < -0.4 is 0 Å². The summed E-state index contributed by atoms with van der Waals surface area (Å²) >= 11 is 0. The topological polar surface area (TPSA) is 68.7 Å². The average Bonchev–Trinajstić information content (AvgIpc) is 3.10. The van der Waals surface area contributed by atoms with Gasteiger partial charge in [-0.1, -0.05) is 6.07 Å². The second kappa shape index (κ2) is 7.92. The molecule has 0 bridgehead atoms. The Bertz CT molecular complexity index is 594. The minimum Gasteiger partial charge on any atom is -0.753 e. The van der Waals surface area contributed by atoms with E-state index >= 15 is 0 Å². The fraction of sp³-hybridized carbons (Fsp3) is 0.700. The van der Waals surface area contributed by atoms with Crippen LogP contribution >= 0.6 is 0 Å². The summed E-state index contributed by atoms with van der Waals surface area (Å²) in [6.45, 7) is 6.87. The molecule has 1 aromatic heterocycles. The third kappa shape index (κ3) is 4.74. The molecule has 1 amide bonds. The minimum atomic E-state index is -0.761. The van der Waals surface area contributed by atoms with Crippen molar-refractivity contribution < 1.29 is 9.53 Å². The number of pyridine rings is 1. The van der Waals surface area contributed by atoms with Gasteiger partial charge in [0.05, 0.1) is 0 Å². The van der Waals surface area contributed by atoms with Gasteiger partial charge in [0.25, 0.3) is 0 Å². The maximum Gasteiger partial charge on any atom is 0.399 e. The zero-order valence-corrected chi connectivity index (χ0v) is 16.1. The lowest BCUT2D eigenvalue weighted by molar-refractivity contribution is 0.0268. The molecule has 1 aliphatic heterocycles. The molecule has 1 saturated heterocycles. The van der Waals surface area contributed by atoms with Crippen molar-refractivity contribution in [3.8, 4) is 0 Å². The van der Waals surface area contributed by atoms with Gasteiger partial charge in [0.2, 0.25) is 0 Å². The maximum absolute atomic E-state index is 12.3. The second-order valence-electron chi connectivity index (χ2n) is 8.50. The number of rotatable bonds is 3. The maximum atomic E-state index is 12.3. The highest BCUT2D eigenvalue weighted by Crippen LogP contribution is 2.35. The van der Waals surface area contributed by atoms with Crippen LogP contribution in [0, 0.1) is 5.21 Å². The van der Waals surface area contributed by atoms with Crippen LogP contribution in [0.2, 0.25) is 0 Å². The summed E-state index contributed by atoms with van der Waals surface area (Å²) in [4.78, 5) is 18.9. The number of hydrogen-bond acceptors (Lipinski definition) is 5. The van der Waals surface area contributed by atoms with Crippen LogP contribution in [0.4, 0.5) is 4.79 Å². The third-order valence-corrected chi connectivity index (χ3v) is 5.42. The molecule has 1 unspecified atom stereocenters. The monoisotopic (exact) mass is 360 g/mol. The molecule has 144 valence electrons. The fourth-order valence-corrected chi connectivity index (χ4v) is 4.10. The molecule has 2 heterocycles. The van der Waals surface area contributed by atoms with Crippen LogP contribution in [0.5, 0.6) is 0 Å². The van der Waals surface area contributed by atoms with Crippen LogP contribution in [0.1, 0.15) is 64.5 Å². The molecule has 6 heteroatoms. The van der Waals surface area contributed by atoms with Crippen molar-refractivity contribution in [1.82, 2.24) is 14.9 Å². The Morgan fingerprint density at radius 3 is 2.58 bits per heavy atom. The summed E-state index contributed by atoms with van der Waals surface area (Å²) < 4.78 is 5.20. The second-order valence-corrected chi connectivity index (χ2v) is 8.50. The summed E-state index contributed by atoms with van der Waals surface area (Å²) in [5, 5.41) is 12.8. The number of hydroxylamine groups is 2. The lowest BCUT2D eigenvalue weighted by Crippen LogP contribution is -2.43. The van der Waals surface area contributed by atoms with E-state index in [0.717, 1.165) is 38.6 Å². The Kier molecular flexibility index (Phi) is 5.82. The lowest BCUT2D eigenvalue weighted by atomic mass is 9.83. The van der Waals surface area contributed by atoms with Gasteiger partial charge in [0.15, 0.2) is 0 Å². The van der Waals surface area contributed by atoms with Crippen molar-refractivity contribution in [3.05, 3.63) is 35.3 Å². The van der Waals surface area contributed by atoms with Crippen molar-refractivity contribution in [3.63, 3.8) is 0 Å². The van der Waals surface area contributed by atoms with E-state index in [4.69, 9.17) is 4.74 Å². The predicted octanol–water partition coefficient (Wildman–Crippen LogP) is 3.92. The number of carbonyl (C=O) groups excluding carboxylic acids is 1. The van der Waals surface area contributed by atoms with Gasteiger partial charge in [0, 0.05) is 43.0 Å². The third-order valence-electron chi connectivity index (χ3n) is 5.42. The van der Waals surface area contributed by atoms with E-state index in [1.54, 1.807) is 20.8 Å². The van der Waals surface area contributed by atoms with Crippen LogP contribution in [0.3, 0.4) is 0 Å². The number of ether oxygens (including phenoxy) is 1. The fourth-order valence-electron chi connectivity index (χ4n) is 4.10. The number of carbonyl (C=O) groups is 1. The van der Waals surface area contributed by atoms with Gasteiger partial charge < -0.3 is 15.0 Å². The zero-order valence-electron chi connectivity index (χ0n) is 16.1. The molecule has 1 atom stereocenters. The highest BCUT2D eigenvalue weighted by molar-refractivity contribution is 5.69. The Hall–Kier alpha value is -1.66. The predicted molar refractivity (Wildman–Crippen MR) is 101 cm³/mol. The highest BCUT2D eigenvalue weighted by Gasteiger charge is 2.34. The molecule has 26 heavy (non-hydrogen) atoms. The van der Waals surface area contributed by atoms with E-state index in [1.807, 2.05) is 12.3 Å². The van der Waals surface area contributed by atoms with Crippen LogP contribution in [-0.4, -0.2) is 51.8 Å². The van der Waals surface area contributed by atoms with Crippen molar-refractivity contribution in [1.29, 1.82) is 0 Å². The summed E-state index contributed by atoms with van der Waals surface area (Å²) in [6, 6.07) is 6.34. The molecule has 0 spiro atoms. The highest BCUT2D eigenvalue weighted by atomic mass is 16.6. The first kappa shape index (κ1) is 19.1. The first-order chi connectivity index (χ1) is 12.3. The van der Waals surface area contributed by atoms with E-state index in [1.165, 1.54) is 5.69 Å². The van der Waals surface area contributed by atoms with Crippen LogP contribution in [0.25, 0.3) is 0 Å². The molecule has 0 aromatic carbocycles. The van der Waals surface area contributed by atoms with E-state index < -0.39 is 11.7 Å². The summed E-state index contributed by atoms with van der Waals surface area (Å²) in [7, 11) is 0. The molecule has 0 radical (unpaired) electrons. The first-order valence-electron chi connectivity index (χ1n) is 9.68. The van der Waals surface area contributed by atoms with Gasteiger partial charge >= 0.3 is 6.09 Å². The van der Waals surface area contributed by atoms with Crippen LogP contribution in [-0.2, 0) is 4.74 Å². The molecule has 3 rings (SSSR count). The Morgan fingerprint density at radius 2 is 1.96 bits per heavy atom. The smallest absolute Gasteiger partial charge is 0.399 e. The quantitative estimate of drug-likeness (QED) is 0.764. The molecule has 1 aliphatic carbocycles. The largest absolute Gasteiger partial charge is 0.753 e. The Labute approximate surface area is 156 Å². The molecule has 2 aliphatic rings. The standard InChI is InChI=1S/C20H30N3O3/c1-20(2,3)26-19(24)23(25)17-11-13-22(14-17)16-9-7-15(8-10-16)18-6-4-5-12-21-18/h4-6,12,15-17H,7-11,13-14H2,1-3H3/q-1. The van der Waals surface area contributed by atoms with E-state index in [-0.39, 0.29) is 6.04 Å². The number of likely N-dealkylation sites (tertiary alicyclic amines) is 1. The Morgan fingerprint density at radius 1 is 1.23 bits per heavy atom. The molecule has 1 aromatic rings. The SMILES string of the molecule is CC(C)(C)OC(=O)N([O-])C1CCN(C2CCC(c3ccccn3)CC2)C1.